The summed E-state index contributed by atoms with van der Waals surface area (Å²) in [4.78, 5) is 25.0. The number of halogens is 3. The van der Waals surface area contributed by atoms with E-state index >= 15 is 0 Å². The number of hydrogen-bond acceptors (Lipinski definition) is 4. The summed E-state index contributed by atoms with van der Waals surface area (Å²) in [6, 6.07) is 9.66. The predicted molar refractivity (Wildman–Crippen MR) is 161 cm³/mol. The minimum atomic E-state index is -0.954. The Bertz CT molecular complexity index is 1220. The molecule has 0 aliphatic carbocycles. The maximum absolute atomic E-state index is 13.6. The Morgan fingerprint density at radius 3 is 2.02 bits per heavy atom. The van der Waals surface area contributed by atoms with Crippen LogP contribution in [0.4, 0.5) is 13.2 Å². The Kier molecular flexibility index (Phi) is 15.6. The molecule has 4 rings (SSSR count). The van der Waals surface area contributed by atoms with Gasteiger partial charge in [0.05, 0.1) is 17.3 Å². The van der Waals surface area contributed by atoms with E-state index in [1.54, 1.807) is 19.1 Å². The molecule has 1 aliphatic rings. The first-order valence-electron chi connectivity index (χ1n) is 14.7. The molecule has 1 aliphatic heterocycles. The Morgan fingerprint density at radius 1 is 1.02 bits per heavy atom. The molecule has 1 aromatic heterocycles. The summed E-state index contributed by atoms with van der Waals surface area (Å²) in [7, 11) is 0. The van der Waals surface area contributed by atoms with Gasteiger partial charge in [-0.3, -0.25) is 9.59 Å². The molecule has 9 heteroatoms. The highest BCUT2D eigenvalue weighted by Gasteiger charge is 2.35. The van der Waals surface area contributed by atoms with Gasteiger partial charge >= 0.3 is 0 Å². The topological polar surface area (TPSA) is 75.4 Å². The first-order chi connectivity index (χ1) is 20.0. The lowest BCUT2D eigenvalue weighted by Gasteiger charge is -2.27. The smallest absolute Gasteiger partial charge is 0.233 e. The van der Waals surface area contributed by atoms with Crippen molar-refractivity contribution in [3.63, 3.8) is 0 Å². The zero-order valence-electron chi connectivity index (χ0n) is 26.3. The molecule has 0 bridgehead atoms. The van der Waals surface area contributed by atoms with Gasteiger partial charge in [-0.05, 0) is 50.7 Å². The highest BCUT2D eigenvalue weighted by Crippen LogP contribution is 2.31. The molecule has 1 N–H and O–H groups in total. The van der Waals surface area contributed by atoms with Crippen molar-refractivity contribution >= 4 is 12.3 Å². The van der Waals surface area contributed by atoms with Crippen molar-refractivity contribution in [2.45, 2.75) is 93.2 Å². The number of hydrogen-bond donors (Lipinski definition) is 1. The minimum absolute atomic E-state index is 0.186. The summed E-state index contributed by atoms with van der Waals surface area (Å²) >= 11 is 0. The predicted octanol–water partition coefficient (Wildman–Crippen LogP) is 8.36. The summed E-state index contributed by atoms with van der Waals surface area (Å²) < 4.78 is 45.4. The van der Waals surface area contributed by atoms with Crippen molar-refractivity contribution < 1.29 is 27.3 Å². The van der Waals surface area contributed by atoms with Crippen molar-refractivity contribution in [1.82, 2.24) is 15.4 Å². The fourth-order valence-corrected chi connectivity index (χ4v) is 4.66. The van der Waals surface area contributed by atoms with Crippen LogP contribution in [0.3, 0.4) is 0 Å². The van der Waals surface area contributed by atoms with Gasteiger partial charge in [-0.25, -0.2) is 13.2 Å². The van der Waals surface area contributed by atoms with E-state index in [0.29, 0.717) is 35.9 Å². The minimum Gasteiger partial charge on any atom is -0.360 e. The Morgan fingerprint density at radius 2 is 1.60 bits per heavy atom. The number of aromatic nitrogens is 1. The van der Waals surface area contributed by atoms with E-state index in [1.807, 2.05) is 45.6 Å². The van der Waals surface area contributed by atoms with Crippen LogP contribution in [0.1, 0.15) is 97.2 Å². The van der Waals surface area contributed by atoms with Crippen LogP contribution in [0, 0.1) is 30.3 Å². The van der Waals surface area contributed by atoms with Crippen molar-refractivity contribution in [1.29, 1.82) is 0 Å². The number of amides is 2. The van der Waals surface area contributed by atoms with E-state index in [-0.39, 0.29) is 29.3 Å². The van der Waals surface area contributed by atoms with E-state index in [9.17, 15) is 22.8 Å². The van der Waals surface area contributed by atoms with Crippen molar-refractivity contribution in [2.24, 2.45) is 5.92 Å². The Hall–Kier alpha value is -3.62. The highest BCUT2D eigenvalue weighted by atomic mass is 19.1. The third-order valence-electron chi connectivity index (χ3n) is 6.75. The maximum atomic E-state index is 13.6. The third kappa shape index (κ3) is 9.74. The average Bonchev–Trinajstić information content (AvgIpc) is 3.59. The van der Waals surface area contributed by atoms with Gasteiger partial charge in [-0.2, -0.15) is 0 Å². The van der Waals surface area contributed by atoms with Crippen LogP contribution in [-0.4, -0.2) is 35.0 Å². The summed E-state index contributed by atoms with van der Waals surface area (Å²) in [6.07, 6.45) is 2.79. The molecule has 0 saturated carbocycles. The van der Waals surface area contributed by atoms with Crippen molar-refractivity contribution in [3.05, 3.63) is 76.9 Å². The normalized spacial score (nSPS) is 15.3. The number of carbonyl (C=O) groups is 2. The summed E-state index contributed by atoms with van der Waals surface area (Å²) in [5.41, 5.74) is 1.66. The SMILES string of the molecule is CC.CC.CC(NC=O)c1ccc(-c2c(F)cc(F)cc2F)cc1.Cc1cc(C(C(=O)N2CCCC2C)C(C)C)on1. The number of rotatable bonds is 7. The second kappa shape index (κ2) is 18.0. The van der Waals surface area contributed by atoms with Gasteiger partial charge in [0.1, 0.15) is 29.1 Å². The molecule has 42 heavy (non-hydrogen) atoms. The van der Waals surface area contributed by atoms with Crippen LogP contribution < -0.4 is 5.32 Å². The largest absolute Gasteiger partial charge is 0.360 e. The molecule has 3 aromatic rings. The molecule has 1 fully saturated rings. The number of benzene rings is 2. The number of carbonyl (C=O) groups excluding carboxylic acids is 2. The fourth-order valence-electron chi connectivity index (χ4n) is 4.66. The molecule has 1 saturated heterocycles. The quantitative estimate of drug-likeness (QED) is 0.281. The summed E-state index contributed by atoms with van der Waals surface area (Å²) in [5.74, 6) is -1.95. The molecular formula is C33H46F3N3O3. The molecule has 2 heterocycles. The van der Waals surface area contributed by atoms with Crippen LogP contribution in [0.15, 0.2) is 47.0 Å². The molecule has 3 atom stereocenters. The molecule has 2 amide bonds. The first-order valence-corrected chi connectivity index (χ1v) is 14.7. The van der Waals surface area contributed by atoms with E-state index in [1.165, 1.54) is 12.1 Å². The Labute approximate surface area is 248 Å². The zero-order chi connectivity index (χ0) is 32.0. The van der Waals surface area contributed by atoms with Crippen LogP contribution in [0.2, 0.25) is 0 Å². The van der Waals surface area contributed by atoms with Gasteiger partial charge in [-0.1, -0.05) is 71.0 Å². The second-order valence-corrected chi connectivity index (χ2v) is 9.99. The maximum Gasteiger partial charge on any atom is 0.233 e. The zero-order valence-corrected chi connectivity index (χ0v) is 26.3. The van der Waals surface area contributed by atoms with Crippen LogP contribution in [0.25, 0.3) is 11.1 Å². The number of likely N-dealkylation sites (tertiary alicyclic amines) is 1. The van der Waals surface area contributed by atoms with Gasteiger partial charge in [-0.15, -0.1) is 0 Å². The molecule has 0 radical (unpaired) electrons. The summed E-state index contributed by atoms with van der Waals surface area (Å²) in [6.45, 7) is 18.8. The van der Waals surface area contributed by atoms with Gasteiger partial charge in [0.2, 0.25) is 12.3 Å². The van der Waals surface area contributed by atoms with Crippen LogP contribution >= 0.6 is 0 Å². The third-order valence-corrected chi connectivity index (χ3v) is 6.75. The van der Waals surface area contributed by atoms with Gasteiger partial charge in [0, 0.05) is 30.8 Å². The van der Waals surface area contributed by atoms with E-state index < -0.39 is 17.5 Å². The van der Waals surface area contributed by atoms with Crippen LogP contribution in [-0.2, 0) is 9.59 Å². The molecular weight excluding hydrogens is 543 g/mol. The van der Waals surface area contributed by atoms with Crippen LogP contribution in [0.5, 0.6) is 0 Å². The Balaban J connectivity index is 0.000000377. The highest BCUT2D eigenvalue weighted by molar-refractivity contribution is 5.84. The first kappa shape index (κ1) is 36.4. The lowest BCUT2D eigenvalue weighted by molar-refractivity contribution is -0.134. The molecule has 3 unspecified atom stereocenters. The standard InChI is InChI=1S/C15H12F3NO.C14H22N2O2.2C2H6/c1-9(19-8-20)10-2-4-11(5-3-10)15-13(17)6-12(16)7-14(15)18;1-9(2)13(12-8-10(3)15-18-12)14(17)16-7-5-6-11(16)4;2*1-2/h2-9H,1H3,(H,19,20);8-9,11,13H,5-7H2,1-4H3;2*1-2H3. The lowest BCUT2D eigenvalue weighted by Crippen LogP contribution is -2.38. The molecule has 6 nitrogen and oxygen atoms in total. The van der Waals surface area contributed by atoms with Crippen molar-refractivity contribution in [2.75, 3.05) is 6.54 Å². The molecule has 232 valence electrons. The van der Waals surface area contributed by atoms with E-state index in [4.69, 9.17) is 4.52 Å². The van der Waals surface area contributed by atoms with E-state index in [2.05, 4.69) is 31.2 Å². The second-order valence-electron chi connectivity index (χ2n) is 9.99. The van der Waals surface area contributed by atoms with Gasteiger partial charge in [0.15, 0.2) is 0 Å². The monoisotopic (exact) mass is 589 g/mol. The average molecular weight is 590 g/mol. The summed E-state index contributed by atoms with van der Waals surface area (Å²) in [5, 5.41) is 6.48. The number of aryl methyl sites for hydroxylation is 1. The van der Waals surface area contributed by atoms with Gasteiger partial charge < -0.3 is 14.7 Å². The molecule has 2 aromatic carbocycles. The van der Waals surface area contributed by atoms with E-state index in [0.717, 1.165) is 30.6 Å². The number of nitrogens with one attached hydrogen (secondary N) is 1. The lowest BCUT2D eigenvalue weighted by atomic mass is 9.91. The van der Waals surface area contributed by atoms with Gasteiger partial charge in [0.25, 0.3) is 0 Å². The van der Waals surface area contributed by atoms with Crippen molar-refractivity contribution in [3.8, 4) is 11.1 Å². The number of nitrogens with zero attached hydrogens (tertiary/aromatic N) is 2. The fraction of sp³-hybridized carbons (Fsp3) is 0.485. The molecule has 0 spiro atoms.